The van der Waals surface area contributed by atoms with Gasteiger partial charge in [-0.2, -0.15) is 0 Å². The molecule has 0 saturated carbocycles. The molecule has 106 valence electrons. The van der Waals surface area contributed by atoms with Crippen LogP contribution < -0.4 is 16.2 Å². The van der Waals surface area contributed by atoms with Crippen molar-refractivity contribution in [1.29, 1.82) is 0 Å². The summed E-state index contributed by atoms with van der Waals surface area (Å²) in [5.41, 5.74) is 8.02. The number of sulfonamides is 1. The molecule has 0 saturated heterocycles. The summed E-state index contributed by atoms with van der Waals surface area (Å²) in [6, 6.07) is 10.5. The number of benzene rings is 2. The Kier molecular flexibility index (Phi) is 4.03. The van der Waals surface area contributed by atoms with Crippen LogP contribution in [-0.4, -0.2) is 8.42 Å². The first-order chi connectivity index (χ1) is 9.27. The molecule has 0 fully saturated rings. The minimum absolute atomic E-state index is 0.0231. The first kappa shape index (κ1) is 14.8. The molecule has 0 unspecified atom stereocenters. The first-order valence-electron chi connectivity index (χ1n) is 5.73. The largest absolute Gasteiger partial charge is 0.399 e. The van der Waals surface area contributed by atoms with Gasteiger partial charge in [-0.1, -0.05) is 22.0 Å². The van der Waals surface area contributed by atoms with Gasteiger partial charge in [-0.15, -0.1) is 0 Å². The molecule has 0 spiro atoms. The Morgan fingerprint density at radius 3 is 2.50 bits per heavy atom. The molecule has 2 rings (SSSR count). The van der Waals surface area contributed by atoms with Crippen molar-refractivity contribution in [2.45, 2.75) is 11.8 Å². The number of anilines is 3. The molecular formula is C13H14BrN3O2S. The van der Waals surface area contributed by atoms with Gasteiger partial charge in [-0.3, -0.25) is 0 Å². The van der Waals surface area contributed by atoms with Crippen molar-refractivity contribution in [2.24, 2.45) is 5.14 Å². The highest BCUT2D eigenvalue weighted by molar-refractivity contribution is 9.10. The molecule has 5 N–H and O–H groups in total. The van der Waals surface area contributed by atoms with Crippen molar-refractivity contribution in [1.82, 2.24) is 0 Å². The zero-order valence-corrected chi connectivity index (χ0v) is 13.1. The van der Waals surface area contributed by atoms with Crippen molar-refractivity contribution in [3.63, 3.8) is 0 Å². The Balaban J connectivity index is 2.50. The second-order valence-electron chi connectivity index (χ2n) is 4.37. The topological polar surface area (TPSA) is 98.2 Å². The van der Waals surface area contributed by atoms with Crippen LogP contribution in [0.4, 0.5) is 17.1 Å². The van der Waals surface area contributed by atoms with E-state index < -0.39 is 10.0 Å². The summed E-state index contributed by atoms with van der Waals surface area (Å²) in [5.74, 6) is 0. The number of primary sulfonamides is 1. The lowest BCUT2D eigenvalue weighted by Crippen LogP contribution is -2.15. The van der Waals surface area contributed by atoms with E-state index in [-0.39, 0.29) is 4.90 Å². The molecule has 0 heterocycles. The fraction of sp³-hybridized carbons (Fsp3) is 0.0769. The Bertz CT molecular complexity index is 760. The van der Waals surface area contributed by atoms with Gasteiger partial charge in [0, 0.05) is 21.5 Å². The molecule has 7 heteroatoms. The summed E-state index contributed by atoms with van der Waals surface area (Å²) in [5, 5.41) is 8.33. The Morgan fingerprint density at radius 2 is 1.90 bits per heavy atom. The van der Waals surface area contributed by atoms with Crippen LogP contribution in [0.3, 0.4) is 0 Å². The minimum Gasteiger partial charge on any atom is -0.399 e. The molecular weight excluding hydrogens is 342 g/mol. The van der Waals surface area contributed by atoms with Gasteiger partial charge in [0.25, 0.3) is 0 Å². The maximum atomic E-state index is 11.6. The van der Waals surface area contributed by atoms with Crippen LogP contribution in [0, 0.1) is 6.92 Å². The molecule has 0 bridgehead atoms. The third-order valence-corrected chi connectivity index (χ3v) is 4.32. The highest BCUT2D eigenvalue weighted by Crippen LogP contribution is 2.29. The van der Waals surface area contributed by atoms with Crippen molar-refractivity contribution < 1.29 is 8.42 Å². The lowest BCUT2D eigenvalue weighted by atomic mass is 10.1. The molecule has 0 aliphatic heterocycles. The molecule has 2 aromatic rings. The molecule has 5 nitrogen and oxygen atoms in total. The van der Waals surface area contributed by atoms with E-state index in [4.69, 9.17) is 10.9 Å². The molecule has 0 radical (unpaired) electrons. The Labute approximate surface area is 126 Å². The van der Waals surface area contributed by atoms with E-state index >= 15 is 0 Å². The molecule has 0 amide bonds. The van der Waals surface area contributed by atoms with Crippen molar-refractivity contribution in [3.8, 4) is 0 Å². The van der Waals surface area contributed by atoms with Crippen molar-refractivity contribution in [3.05, 3.63) is 46.4 Å². The summed E-state index contributed by atoms with van der Waals surface area (Å²) < 4.78 is 24.0. The van der Waals surface area contributed by atoms with Gasteiger partial charge in [-0.25, -0.2) is 13.6 Å². The number of nitrogens with one attached hydrogen (secondary N) is 1. The summed E-state index contributed by atoms with van der Waals surface area (Å²) >= 11 is 3.37. The quantitative estimate of drug-likeness (QED) is 0.737. The summed E-state index contributed by atoms with van der Waals surface area (Å²) in [7, 11) is -3.81. The predicted octanol–water partition coefficient (Wildman–Crippen LogP) is 2.73. The van der Waals surface area contributed by atoms with Crippen LogP contribution >= 0.6 is 15.9 Å². The molecule has 0 atom stereocenters. The fourth-order valence-corrected chi connectivity index (χ4v) is 3.09. The SMILES string of the molecule is Cc1c(Nc2cccc(Br)c2)cc(N)cc1S(N)(=O)=O. The van der Waals surface area contributed by atoms with Crippen LogP contribution in [0.15, 0.2) is 45.8 Å². The maximum absolute atomic E-state index is 11.6. The third-order valence-electron chi connectivity index (χ3n) is 2.79. The average molecular weight is 356 g/mol. The van der Waals surface area contributed by atoms with Gasteiger partial charge in [0.2, 0.25) is 10.0 Å². The average Bonchev–Trinajstić information content (AvgIpc) is 2.32. The van der Waals surface area contributed by atoms with Gasteiger partial charge in [0.05, 0.1) is 4.90 Å². The molecule has 0 aliphatic rings. The Morgan fingerprint density at radius 1 is 1.20 bits per heavy atom. The van der Waals surface area contributed by atoms with Crippen LogP contribution in [0.2, 0.25) is 0 Å². The molecule has 2 aromatic carbocycles. The smallest absolute Gasteiger partial charge is 0.238 e. The first-order valence-corrected chi connectivity index (χ1v) is 8.07. The highest BCUT2D eigenvalue weighted by Gasteiger charge is 2.15. The lowest BCUT2D eigenvalue weighted by molar-refractivity contribution is 0.597. The van der Waals surface area contributed by atoms with E-state index in [1.54, 1.807) is 13.0 Å². The van der Waals surface area contributed by atoms with Crippen LogP contribution in [0.1, 0.15) is 5.56 Å². The number of nitrogens with two attached hydrogens (primary N) is 2. The molecule has 0 aromatic heterocycles. The monoisotopic (exact) mass is 355 g/mol. The predicted molar refractivity (Wildman–Crippen MR) is 84.4 cm³/mol. The van der Waals surface area contributed by atoms with Gasteiger partial charge in [0.1, 0.15) is 0 Å². The normalized spacial score (nSPS) is 11.3. The maximum Gasteiger partial charge on any atom is 0.238 e. The zero-order valence-electron chi connectivity index (χ0n) is 10.7. The highest BCUT2D eigenvalue weighted by atomic mass is 79.9. The van der Waals surface area contributed by atoms with Crippen LogP contribution in [0.25, 0.3) is 0 Å². The number of halogens is 1. The molecule has 0 aliphatic carbocycles. The van der Waals surface area contributed by atoms with Gasteiger partial charge in [-0.05, 0) is 42.8 Å². The lowest BCUT2D eigenvalue weighted by Gasteiger charge is -2.14. The van der Waals surface area contributed by atoms with E-state index in [0.29, 0.717) is 16.9 Å². The van der Waals surface area contributed by atoms with E-state index in [0.717, 1.165) is 10.2 Å². The molecule has 20 heavy (non-hydrogen) atoms. The van der Waals surface area contributed by atoms with E-state index in [2.05, 4.69) is 21.2 Å². The zero-order chi connectivity index (χ0) is 14.9. The fourth-order valence-electron chi connectivity index (χ4n) is 1.86. The van der Waals surface area contributed by atoms with E-state index in [1.807, 2.05) is 24.3 Å². The van der Waals surface area contributed by atoms with Crippen LogP contribution in [0.5, 0.6) is 0 Å². The summed E-state index contributed by atoms with van der Waals surface area (Å²) in [6.45, 7) is 1.68. The number of hydrogen-bond acceptors (Lipinski definition) is 4. The van der Waals surface area contributed by atoms with E-state index in [1.165, 1.54) is 6.07 Å². The van der Waals surface area contributed by atoms with E-state index in [9.17, 15) is 8.42 Å². The van der Waals surface area contributed by atoms with Gasteiger partial charge < -0.3 is 11.1 Å². The van der Waals surface area contributed by atoms with Crippen molar-refractivity contribution >= 4 is 43.0 Å². The Hall–Kier alpha value is -1.57. The van der Waals surface area contributed by atoms with Gasteiger partial charge in [0.15, 0.2) is 0 Å². The number of nitrogen functional groups attached to an aromatic ring is 1. The number of rotatable bonds is 3. The van der Waals surface area contributed by atoms with Crippen LogP contribution in [-0.2, 0) is 10.0 Å². The third kappa shape index (κ3) is 3.30. The second kappa shape index (κ2) is 5.43. The summed E-state index contributed by atoms with van der Waals surface area (Å²) in [4.78, 5) is 0.0231. The van der Waals surface area contributed by atoms with Gasteiger partial charge >= 0.3 is 0 Å². The number of hydrogen-bond donors (Lipinski definition) is 3. The van der Waals surface area contributed by atoms with Crippen molar-refractivity contribution in [2.75, 3.05) is 11.1 Å². The standard InChI is InChI=1S/C13H14BrN3O2S/c1-8-12(17-11-4-2-3-9(14)5-11)6-10(15)7-13(8)20(16,18)19/h2-7,17H,15H2,1H3,(H2,16,18,19). The minimum atomic E-state index is -3.81. The second-order valence-corrected chi connectivity index (χ2v) is 6.82. The summed E-state index contributed by atoms with van der Waals surface area (Å²) in [6.07, 6.45) is 0.